The lowest BCUT2D eigenvalue weighted by Crippen LogP contribution is -2.34. The molecule has 2 atom stereocenters. The van der Waals surface area contributed by atoms with Crippen LogP contribution in [0.3, 0.4) is 0 Å². The molecule has 7 nitrogen and oxygen atoms in total. The molecular formula is C11H15N3O4. The molecule has 0 aliphatic carbocycles. The number of nitrogens with one attached hydrogen (secondary N) is 2. The Hall–Kier alpha value is -1.89. The van der Waals surface area contributed by atoms with Crippen molar-refractivity contribution in [3.8, 4) is 0 Å². The van der Waals surface area contributed by atoms with E-state index in [2.05, 4.69) is 15.3 Å². The molecule has 98 valence electrons. The van der Waals surface area contributed by atoms with E-state index >= 15 is 0 Å². The number of carboxylic acid groups (broad SMARTS) is 1. The van der Waals surface area contributed by atoms with Crippen LogP contribution in [-0.4, -0.2) is 40.3 Å². The topological polar surface area (TPSA) is 104 Å². The van der Waals surface area contributed by atoms with E-state index in [1.54, 1.807) is 0 Å². The van der Waals surface area contributed by atoms with Gasteiger partial charge in [0, 0.05) is 12.5 Å². The lowest BCUT2D eigenvalue weighted by atomic mass is 10.0. The standard InChI is InChI=1S/C11H15N3O4/c1-2-8-13-9(3-10(15)14-8)12-7-5-18-4-6(7)11(16)17/h3,6-7H,2,4-5H2,1H3,(H,16,17)(H2,12,13,14,15). The number of rotatable bonds is 4. The number of nitrogens with zero attached hydrogens (tertiary/aromatic N) is 1. The zero-order valence-corrected chi connectivity index (χ0v) is 9.97. The minimum atomic E-state index is -0.912. The maximum absolute atomic E-state index is 11.4. The number of aromatic amines is 1. The molecule has 1 aromatic heterocycles. The van der Waals surface area contributed by atoms with Crippen molar-refractivity contribution in [3.05, 3.63) is 22.2 Å². The van der Waals surface area contributed by atoms with E-state index in [0.29, 0.717) is 24.7 Å². The Kier molecular flexibility index (Phi) is 3.61. The van der Waals surface area contributed by atoms with E-state index in [4.69, 9.17) is 9.84 Å². The first-order valence-electron chi connectivity index (χ1n) is 5.77. The molecule has 1 saturated heterocycles. The number of anilines is 1. The quantitative estimate of drug-likeness (QED) is 0.689. The van der Waals surface area contributed by atoms with Crippen LogP contribution in [-0.2, 0) is 16.0 Å². The second-order valence-electron chi connectivity index (χ2n) is 4.16. The Morgan fingerprint density at radius 2 is 2.44 bits per heavy atom. The molecule has 1 aliphatic rings. The Morgan fingerprint density at radius 1 is 1.67 bits per heavy atom. The Labute approximate surface area is 103 Å². The molecule has 2 heterocycles. The SMILES string of the molecule is CCc1nc(NC2COCC2C(=O)O)cc(=O)[nH]1. The first kappa shape index (κ1) is 12.6. The van der Waals surface area contributed by atoms with Gasteiger partial charge in [0.2, 0.25) is 0 Å². The smallest absolute Gasteiger partial charge is 0.311 e. The van der Waals surface area contributed by atoms with Crippen LogP contribution in [0, 0.1) is 5.92 Å². The fourth-order valence-electron chi connectivity index (χ4n) is 1.88. The molecule has 2 unspecified atom stereocenters. The van der Waals surface area contributed by atoms with Gasteiger partial charge in [0.05, 0.1) is 19.3 Å². The van der Waals surface area contributed by atoms with Gasteiger partial charge in [0.25, 0.3) is 5.56 Å². The maximum Gasteiger partial charge on any atom is 0.311 e. The number of H-pyrrole nitrogens is 1. The van der Waals surface area contributed by atoms with Gasteiger partial charge in [-0.05, 0) is 0 Å². The molecule has 0 bridgehead atoms. The van der Waals surface area contributed by atoms with Crippen LogP contribution >= 0.6 is 0 Å². The van der Waals surface area contributed by atoms with Crippen LogP contribution in [0.5, 0.6) is 0 Å². The third kappa shape index (κ3) is 2.67. The summed E-state index contributed by atoms with van der Waals surface area (Å²) >= 11 is 0. The maximum atomic E-state index is 11.4. The first-order valence-corrected chi connectivity index (χ1v) is 5.77. The van der Waals surface area contributed by atoms with Crippen LogP contribution in [0.1, 0.15) is 12.7 Å². The van der Waals surface area contributed by atoms with Crippen molar-refractivity contribution >= 4 is 11.8 Å². The number of aromatic nitrogens is 2. The fourth-order valence-corrected chi connectivity index (χ4v) is 1.88. The van der Waals surface area contributed by atoms with E-state index in [9.17, 15) is 9.59 Å². The summed E-state index contributed by atoms with van der Waals surface area (Å²) in [6, 6.07) is 0.956. The normalized spacial score (nSPS) is 22.9. The van der Waals surface area contributed by atoms with Gasteiger partial charge in [-0.3, -0.25) is 9.59 Å². The van der Waals surface area contributed by atoms with Crippen molar-refractivity contribution in [3.63, 3.8) is 0 Å². The van der Waals surface area contributed by atoms with E-state index in [1.165, 1.54) is 6.07 Å². The lowest BCUT2D eigenvalue weighted by molar-refractivity contribution is -0.141. The minimum Gasteiger partial charge on any atom is -0.481 e. The lowest BCUT2D eigenvalue weighted by Gasteiger charge is -2.16. The summed E-state index contributed by atoms with van der Waals surface area (Å²) in [4.78, 5) is 29.2. The largest absolute Gasteiger partial charge is 0.481 e. The third-order valence-corrected chi connectivity index (χ3v) is 2.86. The number of carboxylic acids is 1. The van der Waals surface area contributed by atoms with Gasteiger partial charge in [-0.15, -0.1) is 0 Å². The van der Waals surface area contributed by atoms with Crippen molar-refractivity contribution in [2.75, 3.05) is 18.5 Å². The molecule has 1 aliphatic heterocycles. The summed E-state index contributed by atoms with van der Waals surface area (Å²) in [7, 11) is 0. The van der Waals surface area contributed by atoms with Crippen molar-refractivity contribution < 1.29 is 14.6 Å². The summed E-state index contributed by atoms with van der Waals surface area (Å²) in [6.07, 6.45) is 0.605. The summed E-state index contributed by atoms with van der Waals surface area (Å²) in [6.45, 7) is 2.35. The van der Waals surface area contributed by atoms with Crippen LogP contribution in [0.2, 0.25) is 0 Å². The zero-order chi connectivity index (χ0) is 13.1. The van der Waals surface area contributed by atoms with Gasteiger partial charge in [0.1, 0.15) is 17.6 Å². The number of carbonyl (C=O) groups is 1. The highest BCUT2D eigenvalue weighted by Gasteiger charge is 2.34. The van der Waals surface area contributed by atoms with Crippen LogP contribution in [0.15, 0.2) is 10.9 Å². The number of hydrogen-bond acceptors (Lipinski definition) is 5. The van der Waals surface area contributed by atoms with Crippen LogP contribution < -0.4 is 10.9 Å². The van der Waals surface area contributed by atoms with Gasteiger partial charge in [0.15, 0.2) is 0 Å². The molecule has 0 saturated carbocycles. The predicted octanol–water partition coefficient (Wildman–Crippen LogP) is -0.156. The fraction of sp³-hybridized carbons (Fsp3) is 0.545. The molecule has 3 N–H and O–H groups in total. The zero-order valence-electron chi connectivity index (χ0n) is 9.97. The highest BCUT2D eigenvalue weighted by atomic mass is 16.5. The second-order valence-corrected chi connectivity index (χ2v) is 4.16. The van der Waals surface area contributed by atoms with Crippen molar-refractivity contribution in [2.24, 2.45) is 5.92 Å². The average Bonchev–Trinajstić information content (AvgIpc) is 2.76. The van der Waals surface area contributed by atoms with Crippen molar-refractivity contribution in [1.29, 1.82) is 0 Å². The van der Waals surface area contributed by atoms with E-state index < -0.39 is 11.9 Å². The highest BCUT2D eigenvalue weighted by Crippen LogP contribution is 2.17. The number of aryl methyl sites for hydroxylation is 1. The van der Waals surface area contributed by atoms with Gasteiger partial charge in [-0.1, -0.05) is 6.92 Å². The molecule has 1 fully saturated rings. The predicted molar refractivity (Wildman–Crippen MR) is 63.6 cm³/mol. The van der Waals surface area contributed by atoms with E-state index in [-0.39, 0.29) is 18.2 Å². The summed E-state index contributed by atoms with van der Waals surface area (Å²) in [5.41, 5.74) is -0.254. The Morgan fingerprint density at radius 3 is 3.11 bits per heavy atom. The van der Waals surface area contributed by atoms with E-state index in [0.717, 1.165) is 0 Å². The van der Waals surface area contributed by atoms with Crippen molar-refractivity contribution in [2.45, 2.75) is 19.4 Å². The number of aliphatic carboxylic acids is 1. The van der Waals surface area contributed by atoms with Gasteiger partial charge < -0.3 is 20.1 Å². The monoisotopic (exact) mass is 253 g/mol. The molecule has 0 amide bonds. The first-order chi connectivity index (χ1) is 8.60. The van der Waals surface area contributed by atoms with Crippen LogP contribution in [0.25, 0.3) is 0 Å². The Balaban J connectivity index is 2.16. The average molecular weight is 253 g/mol. The number of hydrogen-bond donors (Lipinski definition) is 3. The van der Waals surface area contributed by atoms with Gasteiger partial charge >= 0.3 is 5.97 Å². The second kappa shape index (κ2) is 5.18. The summed E-state index contributed by atoms with van der Waals surface area (Å²) in [5.74, 6) is -0.574. The summed E-state index contributed by atoms with van der Waals surface area (Å²) < 4.78 is 5.13. The minimum absolute atomic E-state index is 0.177. The molecule has 7 heteroatoms. The number of ether oxygens (including phenoxy) is 1. The Bertz CT molecular complexity index is 499. The third-order valence-electron chi connectivity index (χ3n) is 2.86. The van der Waals surface area contributed by atoms with Gasteiger partial charge in [-0.2, -0.15) is 0 Å². The molecule has 0 spiro atoms. The molecule has 0 aromatic carbocycles. The highest BCUT2D eigenvalue weighted by molar-refractivity contribution is 5.72. The molecule has 0 radical (unpaired) electrons. The molecule has 1 aromatic rings. The molecular weight excluding hydrogens is 238 g/mol. The van der Waals surface area contributed by atoms with E-state index in [1.807, 2.05) is 6.92 Å². The molecule has 2 rings (SSSR count). The van der Waals surface area contributed by atoms with Crippen molar-refractivity contribution in [1.82, 2.24) is 9.97 Å². The van der Waals surface area contributed by atoms with Crippen LogP contribution in [0.4, 0.5) is 5.82 Å². The molecule has 18 heavy (non-hydrogen) atoms. The summed E-state index contributed by atoms with van der Waals surface area (Å²) in [5, 5.41) is 12.0. The van der Waals surface area contributed by atoms with Gasteiger partial charge in [-0.25, -0.2) is 4.98 Å².